The summed E-state index contributed by atoms with van der Waals surface area (Å²) in [6.07, 6.45) is 1.61. The smallest absolute Gasteiger partial charge is 0.264 e. The average Bonchev–Trinajstić information content (AvgIpc) is 3.19. The molecule has 32 heavy (non-hydrogen) atoms. The molecule has 0 radical (unpaired) electrons. The summed E-state index contributed by atoms with van der Waals surface area (Å²) in [6.45, 7) is 3.36. The topological polar surface area (TPSA) is 111 Å². The van der Waals surface area contributed by atoms with Gasteiger partial charge in [-0.05, 0) is 43.3 Å². The highest BCUT2D eigenvalue weighted by Crippen LogP contribution is 2.15. The van der Waals surface area contributed by atoms with E-state index >= 15 is 0 Å². The lowest BCUT2D eigenvalue weighted by Gasteiger charge is -2.11. The number of aryl methyl sites for hydroxylation is 1. The van der Waals surface area contributed by atoms with Crippen molar-refractivity contribution in [3.8, 4) is 5.69 Å². The minimum absolute atomic E-state index is 0.105. The van der Waals surface area contributed by atoms with Crippen LogP contribution in [-0.4, -0.2) is 31.1 Å². The first kappa shape index (κ1) is 21.0. The van der Waals surface area contributed by atoms with Gasteiger partial charge in [0.05, 0.1) is 11.9 Å². The van der Waals surface area contributed by atoms with Crippen molar-refractivity contribution in [2.45, 2.75) is 26.8 Å². The first-order valence-corrected chi connectivity index (χ1v) is 10.1. The van der Waals surface area contributed by atoms with Crippen LogP contribution in [0.1, 0.15) is 19.2 Å². The highest BCUT2D eigenvalue weighted by Gasteiger charge is 2.15. The van der Waals surface area contributed by atoms with Gasteiger partial charge in [0.2, 0.25) is 11.8 Å². The summed E-state index contributed by atoms with van der Waals surface area (Å²) in [5, 5.41) is 10.2. The maximum Gasteiger partial charge on any atom is 0.264 e. The minimum atomic E-state index is -0.234. The normalized spacial score (nSPS) is 10.8. The number of nitrogens with one attached hydrogen (secondary N) is 2. The first-order chi connectivity index (χ1) is 15.4. The zero-order chi connectivity index (χ0) is 22.7. The van der Waals surface area contributed by atoms with E-state index in [1.54, 1.807) is 35.9 Å². The molecule has 2 amide bonds. The van der Waals surface area contributed by atoms with Crippen LogP contribution in [0.5, 0.6) is 0 Å². The van der Waals surface area contributed by atoms with E-state index in [1.165, 1.54) is 17.7 Å². The van der Waals surface area contributed by atoms with Crippen LogP contribution in [0, 0.1) is 6.92 Å². The van der Waals surface area contributed by atoms with Crippen molar-refractivity contribution < 1.29 is 9.59 Å². The zero-order valence-electron chi connectivity index (χ0n) is 17.7. The molecule has 2 N–H and O–H groups in total. The molecule has 0 saturated carbocycles. The highest BCUT2D eigenvalue weighted by atomic mass is 16.2. The van der Waals surface area contributed by atoms with Crippen molar-refractivity contribution in [2.24, 2.45) is 0 Å². The van der Waals surface area contributed by atoms with Crippen LogP contribution in [0.4, 0.5) is 11.4 Å². The molecule has 9 nitrogen and oxygen atoms in total. The molecular formula is C23H22N6O3. The fourth-order valence-electron chi connectivity index (χ4n) is 3.40. The summed E-state index contributed by atoms with van der Waals surface area (Å²) in [5.41, 5.74) is 2.32. The molecule has 2 heterocycles. The summed E-state index contributed by atoms with van der Waals surface area (Å²) in [5.74, 6) is 0.110. The van der Waals surface area contributed by atoms with Crippen LogP contribution < -0.4 is 16.2 Å². The number of para-hydroxylation sites is 1. The fourth-order valence-corrected chi connectivity index (χ4v) is 3.40. The van der Waals surface area contributed by atoms with Gasteiger partial charge in [0, 0.05) is 31.3 Å². The molecule has 0 unspecified atom stereocenters. The van der Waals surface area contributed by atoms with Gasteiger partial charge in [-0.1, -0.05) is 18.2 Å². The number of carbonyl (C=O) groups is 2. The number of anilines is 2. The maximum atomic E-state index is 13.0. The van der Waals surface area contributed by atoms with Crippen LogP contribution in [0.25, 0.3) is 16.7 Å². The highest BCUT2D eigenvalue weighted by molar-refractivity contribution is 5.92. The Bertz CT molecular complexity index is 1340. The van der Waals surface area contributed by atoms with E-state index in [0.717, 1.165) is 5.69 Å². The van der Waals surface area contributed by atoms with Crippen molar-refractivity contribution in [1.29, 1.82) is 0 Å². The van der Waals surface area contributed by atoms with Gasteiger partial charge in [-0.15, -0.1) is 0 Å². The van der Waals surface area contributed by atoms with Crippen molar-refractivity contribution in [1.82, 2.24) is 19.3 Å². The van der Waals surface area contributed by atoms with E-state index in [4.69, 9.17) is 0 Å². The van der Waals surface area contributed by atoms with E-state index in [2.05, 4.69) is 20.7 Å². The predicted molar refractivity (Wildman–Crippen MR) is 122 cm³/mol. The Morgan fingerprint density at radius 3 is 2.28 bits per heavy atom. The lowest BCUT2D eigenvalue weighted by Crippen LogP contribution is -2.26. The Hall–Kier alpha value is -4.27. The standard InChI is InChI=1S/C23H22N6O3/c1-15-25-22-20(14-24-29(22)19-6-4-3-5-7-19)23(32)28(15)13-12-21(31)27-18-10-8-17(9-11-18)26-16(2)30/h3-11,14H,12-13H2,1-2H3,(H,26,30)(H,27,31). The Balaban J connectivity index is 1.48. The van der Waals surface area contributed by atoms with Crippen molar-refractivity contribution in [3.63, 3.8) is 0 Å². The largest absolute Gasteiger partial charge is 0.326 e. The molecule has 0 bridgehead atoms. The Morgan fingerprint density at radius 1 is 0.969 bits per heavy atom. The molecular weight excluding hydrogens is 408 g/mol. The summed E-state index contributed by atoms with van der Waals surface area (Å²) < 4.78 is 3.12. The number of hydrogen-bond donors (Lipinski definition) is 2. The van der Waals surface area contributed by atoms with E-state index < -0.39 is 0 Å². The quantitative estimate of drug-likeness (QED) is 0.489. The molecule has 9 heteroatoms. The third-order valence-corrected chi connectivity index (χ3v) is 4.93. The summed E-state index contributed by atoms with van der Waals surface area (Å²) in [6, 6.07) is 16.3. The molecule has 4 rings (SSSR count). The second kappa shape index (κ2) is 8.84. The van der Waals surface area contributed by atoms with Gasteiger partial charge in [0.1, 0.15) is 11.2 Å². The molecule has 0 aliphatic heterocycles. The van der Waals surface area contributed by atoms with Crippen molar-refractivity contribution >= 4 is 34.2 Å². The number of carbonyl (C=O) groups excluding carboxylic acids is 2. The number of benzene rings is 2. The second-order valence-electron chi connectivity index (χ2n) is 7.30. The Labute approximate surface area is 183 Å². The van der Waals surface area contributed by atoms with Gasteiger partial charge in [-0.25, -0.2) is 9.67 Å². The van der Waals surface area contributed by atoms with Gasteiger partial charge < -0.3 is 10.6 Å². The Kier molecular flexibility index (Phi) is 5.80. The van der Waals surface area contributed by atoms with E-state index in [1.807, 2.05) is 30.3 Å². The van der Waals surface area contributed by atoms with Crippen LogP contribution in [0.15, 0.2) is 65.6 Å². The lowest BCUT2D eigenvalue weighted by molar-refractivity contribution is -0.116. The predicted octanol–water partition coefficient (Wildman–Crippen LogP) is 2.88. The van der Waals surface area contributed by atoms with Gasteiger partial charge >= 0.3 is 0 Å². The Morgan fingerprint density at radius 2 is 1.62 bits per heavy atom. The van der Waals surface area contributed by atoms with Crippen molar-refractivity contribution in [3.05, 3.63) is 77.0 Å². The number of aromatic nitrogens is 4. The van der Waals surface area contributed by atoms with Crippen LogP contribution >= 0.6 is 0 Å². The number of nitrogens with zero attached hydrogens (tertiary/aromatic N) is 4. The summed E-state index contributed by atoms with van der Waals surface area (Å²) >= 11 is 0. The molecule has 0 fully saturated rings. The van der Waals surface area contributed by atoms with Crippen LogP contribution in [-0.2, 0) is 16.1 Å². The monoisotopic (exact) mass is 430 g/mol. The van der Waals surface area contributed by atoms with E-state index in [-0.39, 0.29) is 30.3 Å². The maximum absolute atomic E-state index is 13.0. The molecule has 0 spiro atoms. The molecule has 0 aliphatic carbocycles. The van der Waals surface area contributed by atoms with Crippen LogP contribution in [0.3, 0.4) is 0 Å². The third kappa shape index (κ3) is 4.41. The van der Waals surface area contributed by atoms with Gasteiger partial charge in [-0.3, -0.25) is 19.0 Å². The SMILES string of the molecule is CC(=O)Nc1ccc(NC(=O)CCn2c(C)nc3c(cnn3-c3ccccc3)c2=O)cc1. The molecule has 0 atom stereocenters. The molecule has 2 aromatic heterocycles. The van der Waals surface area contributed by atoms with Gasteiger partial charge in [-0.2, -0.15) is 5.10 Å². The number of amides is 2. The molecule has 4 aromatic rings. The first-order valence-electron chi connectivity index (χ1n) is 10.1. The molecule has 0 saturated heterocycles. The number of rotatable bonds is 6. The molecule has 2 aromatic carbocycles. The van der Waals surface area contributed by atoms with Gasteiger partial charge in [0.25, 0.3) is 5.56 Å². The van der Waals surface area contributed by atoms with E-state index in [0.29, 0.717) is 28.2 Å². The van der Waals surface area contributed by atoms with Crippen LogP contribution in [0.2, 0.25) is 0 Å². The summed E-state index contributed by atoms with van der Waals surface area (Å²) in [4.78, 5) is 41.0. The number of hydrogen-bond acceptors (Lipinski definition) is 5. The number of fused-ring (bicyclic) bond motifs is 1. The third-order valence-electron chi connectivity index (χ3n) is 4.93. The molecule has 162 valence electrons. The van der Waals surface area contributed by atoms with E-state index in [9.17, 15) is 14.4 Å². The second-order valence-corrected chi connectivity index (χ2v) is 7.30. The molecule has 0 aliphatic rings. The lowest BCUT2D eigenvalue weighted by atomic mass is 10.2. The summed E-state index contributed by atoms with van der Waals surface area (Å²) in [7, 11) is 0. The zero-order valence-corrected chi connectivity index (χ0v) is 17.7. The average molecular weight is 430 g/mol. The van der Waals surface area contributed by atoms with Crippen molar-refractivity contribution in [2.75, 3.05) is 10.6 Å². The fraction of sp³-hybridized carbons (Fsp3) is 0.174. The van der Waals surface area contributed by atoms with Gasteiger partial charge in [0.15, 0.2) is 5.65 Å². The minimum Gasteiger partial charge on any atom is -0.326 e.